The van der Waals surface area contributed by atoms with Crippen molar-refractivity contribution in [2.45, 2.75) is 46.1 Å². The molecule has 2 rings (SSSR count). The quantitative estimate of drug-likeness (QED) is 0.676. The van der Waals surface area contributed by atoms with E-state index in [4.69, 9.17) is 0 Å². The summed E-state index contributed by atoms with van der Waals surface area (Å²) in [6.07, 6.45) is 2.24. The monoisotopic (exact) mass is 334 g/mol. The molecule has 0 spiro atoms. The molecule has 6 nitrogen and oxygen atoms in total. The number of benzene rings is 1. The van der Waals surface area contributed by atoms with Crippen molar-refractivity contribution in [1.82, 2.24) is 4.90 Å². The lowest BCUT2D eigenvalue weighted by Gasteiger charge is -2.32. The number of aliphatic hydroxyl groups is 1. The third-order valence-electron chi connectivity index (χ3n) is 5.01. The summed E-state index contributed by atoms with van der Waals surface area (Å²) in [5.74, 6) is 0.502. The fourth-order valence-corrected chi connectivity index (χ4v) is 3.40. The highest BCUT2D eigenvalue weighted by molar-refractivity contribution is 5.77. The van der Waals surface area contributed by atoms with Gasteiger partial charge in [-0.3, -0.25) is 14.9 Å². The second-order valence-electron chi connectivity index (χ2n) is 7.52. The van der Waals surface area contributed by atoms with Gasteiger partial charge in [0.25, 0.3) is 5.69 Å². The molecule has 1 aromatic rings. The Morgan fingerprint density at radius 2 is 1.92 bits per heavy atom. The summed E-state index contributed by atoms with van der Waals surface area (Å²) in [6.45, 7) is 6.99. The minimum atomic E-state index is -0.456. The summed E-state index contributed by atoms with van der Waals surface area (Å²) < 4.78 is 0. The number of amides is 1. The number of nitrogens with zero attached hydrogens (tertiary/aromatic N) is 2. The van der Waals surface area contributed by atoms with Crippen molar-refractivity contribution in [2.24, 2.45) is 11.3 Å². The number of hydrogen-bond acceptors (Lipinski definition) is 4. The van der Waals surface area contributed by atoms with Crippen LogP contribution in [0.3, 0.4) is 0 Å². The van der Waals surface area contributed by atoms with Crippen molar-refractivity contribution in [1.29, 1.82) is 0 Å². The number of carbonyl (C=O) groups excluding carboxylic acids is 1. The minimum absolute atomic E-state index is 0.00503. The third-order valence-corrected chi connectivity index (χ3v) is 5.01. The van der Waals surface area contributed by atoms with Crippen molar-refractivity contribution in [2.75, 3.05) is 13.2 Å². The van der Waals surface area contributed by atoms with E-state index in [1.807, 2.05) is 0 Å². The molecule has 0 aliphatic carbocycles. The van der Waals surface area contributed by atoms with Gasteiger partial charge >= 0.3 is 0 Å². The molecule has 1 amide bonds. The van der Waals surface area contributed by atoms with Gasteiger partial charge in [0.15, 0.2) is 0 Å². The van der Waals surface area contributed by atoms with Crippen molar-refractivity contribution in [3.8, 4) is 0 Å². The first-order valence-electron chi connectivity index (χ1n) is 8.38. The number of nitro benzene ring substituents is 1. The van der Waals surface area contributed by atoms with E-state index >= 15 is 0 Å². The molecule has 1 aromatic carbocycles. The Morgan fingerprint density at radius 1 is 1.29 bits per heavy atom. The molecule has 2 atom stereocenters. The van der Waals surface area contributed by atoms with E-state index in [2.05, 4.69) is 20.8 Å². The molecule has 6 heteroatoms. The summed E-state index contributed by atoms with van der Waals surface area (Å²) in [4.78, 5) is 24.6. The van der Waals surface area contributed by atoms with E-state index in [0.717, 1.165) is 18.4 Å². The molecule has 132 valence electrons. The number of carbonyl (C=O) groups is 1. The number of likely N-dealkylation sites (tertiary alicyclic amines) is 1. The molecule has 1 fully saturated rings. The molecular weight excluding hydrogens is 308 g/mol. The van der Waals surface area contributed by atoms with E-state index in [1.54, 1.807) is 17.0 Å². The molecule has 0 saturated carbocycles. The molecule has 0 radical (unpaired) electrons. The van der Waals surface area contributed by atoms with Crippen LogP contribution in [-0.2, 0) is 4.79 Å². The average molecular weight is 334 g/mol. The summed E-state index contributed by atoms with van der Waals surface area (Å²) in [5, 5.41) is 20.6. The first-order valence-corrected chi connectivity index (χ1v) is 8.38. The average Bonchev–Trinajstić information content (AvgIpc) is 2.71. The van der Waals surface area contributed by atoms with Gasteiger partial charge in [-0.1, -0.05) is 32.9 Å². The topological polar surface area (TPSA) is 83.7 Å². The Labute approximate surface area is 142 Å². The number of hydrogen-bond donors (Lipinski definition) is 1. The standard InChI is InChI=1S/C18H26N2O4/c1-18(2,3)14-6-9-17(22)19(11-10-14)16(12-21)13-4-7-15(8-5-13)20(23)24/h4-5,7-8,14,16,21H,6,9-12H2,1-3H3/t14-,16-/m0/s1. The first-order chi connectivity index (χ1) is 11.2. The summed E-state index contributed by atoms with van der Waals surface area (Å²) in [6, 6.07) is 5.63. The minimum Gasteiger partial charge on any atom is -0.394 e. The summed E-state index contributed by atoms with van der Waals surface area (Å²) in [5.41, 5.74) is 0.884. The summed E-state index contributed by atoms with van der Waals surface area (Å²) in [7, 11) is 0. The van der Waals surface area contributed by atoms with Gasteiger partial charge < -0.3 is 10.0 Å². The van der Waals surface area contributed by atoms with Crippen molar-refractivity contribution in [3.05, 3.63) is 39.9 Å². The van der Waals surface area contributed by atoms with E-state index in [0.29, 0.717) is 18.9 Å². The smallest absolute Gasteiger partial charge is 0.269 e. The van der Waals surface area contributed by atoms with Gasteiger partial charge in [-0.05, 0) is 29.7 Å². The van der Waals surface area contributed by atoms with Gasteiger partial charge in [-0.2, -0.15) is 0 Å². The van der Waals surface area contributed by atoms with E-state index < -0.39 is 11.0 Å². The van der Waals surface area contributed by atoms with Gasteiger partial charge in [0, 0.05) is 25.1 Å². The Kier molecular flexibility index (Phi) is 5.59. The summed E-state index contributed by atoms with van der Waals surface area (Å²) >= 11 is 0. The van der Waals surface area contributed by atoms with Crippen molar-refractivity contribution >= 4 is 11.6 Å². The Hall–Kier alpha value is -1.95. The number of non-ortho nitro benzene ring substituents is 1. The Bertz CT molecular complexity index is 592. The molecular formula is C18H26N2O4. The van der Waals surface area contributed by atoms with E-state index in [-0.39, 0.29) is 23.6 Å². The van der Waals surface area contributed by atoms with Gasteiger partial charge in [-0.15, -0.1) is 0 Å². The maximum atomic E-state index is 12.5. The van der Waals surface area contributed by atoms with Crippen LogP contribution in [0, 0.1) is 21.4 Å². The molecule has 1 aliphatic heterocycles. The molecule has 0 bridgehead atoms. The van der Waals surface area contributed by atoms with Crippen LogP contribution in [0.25, 0.3) is 0 Å². The van der Waals surface area contributed by atoms with Crippen LogP contribution in [0.1, 0.15) is 51.6 Å². The van der Waals surface area contributed by atoms with Gasteiger partial charge in [-0.25, -0.2) is 0 Å². The lowest BCUT2D eigenvalue weighted by Crippen LogP contribution is -2.36. The van der Waals surface area contributed by atoms with Gasteiger partial charge in [0.05, 0.1) is 17.6 Å². The first kappa shape index (κ1) is 18.4. The van der Waals surface area contributed by atoms with Crippen molar-refractivity contribution in [3.63, 3.8) is 0 Å². The largest absolute Gasteiger partial charge is 0.394 e. The van der Waals surface area contributed by atoms with Gasteiger partial charge in [0.1, 0.15) is 0 Å². The predicted octanol–water partition coefficient (Wildman–Crippen LogP) is 3.30. The Morgan fingerprint density at radius 3 is 2.42 bits per heavy atom. The lowest BCUT2D eigenvalue weighted by atomic mass is 9.76. The highest BCUT2D eigenvalue weighted by Crippen LogP contribution is 2.36. The number of rotatable bonds is 4. The third kappa shape index (κ3) is 4.12. The van der Waals surface area contributed by atoms with Crippen LogP contribution < -0.4 is 0 Å². The van der Waals surface area contributed by atoms with Crippen LogP contribution in [0.2, 0.25) is 0 Å². The van der Waals surface area contributed by atoms with Crippen LogP contribution in [0.4, 0.5) is 5.69 Å². The van der Waals surface area contributed by atoms with Crippen LogP contribution in [0.5, 0.6) is 0 Å². The molecule has 1 saturated heterocycles. The number of aliphatic hydroxyl groups excluding tert-OH is 1. The zero-order valence-electron chi connectivity index (χ0n) is 14.6. The van der Waals surface area contributed by atoms with Gasteiger partial charge in [0.2, 0.25) is 5.91 Å². The highest BCUT2D eigenvalue weighted by Gasteiger charge is 2.33. The zero-order chi connectivity index (χ0) is 17.9. The van der Waals surface area contributed by atoms with Crippen molar-refractivity contribution < 1.29 is 14.8 Å². The van der Waals surface area contributed by atoms with E-state index in [9.17, 15) is 20.0 Å². The fourth-order valence-electron chi connectivity index (χ4n) is 3.40. The van der Waals surface area contributed by atoms with Crippen LogP contribution in [0.15, 0.2) is 24.3 Å². The number of nitro groups is 1. The maximum absolute atomic E-state index is 12.5. The lowest BCUT2D eigenvalue weighted by molar-refractivity contribution is -0.384. The fraction of sp³-hybridized carbons (Fsp3) is 0.611. The molecule has 0 unspecified atom stereocenters. The molecule has 0 aromatic heterocycles. The Balaban J connectivity index is 2.19. The SMILES string of the molecule is CC(C)(C)[C@H]1CCC(=O)N([C@@H](CO)c2ccc([N+](=O)[O-])cc2)CC1. The molecule has 1 aliphatic rings. The maximum Gasteiger partial charge on any atom is 0.269 e. The second kappa shape index (κ2) is 7.30. The van der Waals surface area contributed by atoms with Crippen LogP contribution >= 0.6 is 0 Å². The molecule has 1 heterocycles. The molecule has 24 heavy (non-hydrogen) atoms. The van der Waals surface area contributed by atoms with E-state index in [1.165, 1.54) is 12.1 Å². The highest BCUT2D eigenvalue weighted by atomic mass is 16.6. The second-order valence-corrected chi connectivity index (χ2v) is 7.52. The zero-order valence-corrected chi connectivity index (χ0v) is 14.6. The van der Waals surface area contributed by atoms with Crippen LogP contribution in [-0.4, -0.2) is 34.0 Å². The normalized spacial score (nSPS) is 20.6. The molecule has 1 N–H and O–H groups in total. The predicted molar refractivity (Wildman–Crippen MR) is 91.4 cm³/mol.